The second-order valence-corrected chi connectivity index (χ2v) is 13.1. The Balaban J connectivity index is 0.000000243. The van der Waals surface area contributed by atoms with E-state index < -0.39 is 0 Å². The third kappa shape index (κ3) is 8.14. The van der Waals surface area contributed by atoms with E-state index in [1.54, 1.807) is 6.20 Å². The molecule has 7 heteroatoms. The molecule has 4 atom stereocenters. The number of rotatable bonds is 4. The number of aryl methyl sites for hydroxylation is 3. The van der Waals surface area contributed by atoms with Crippen molar-refractivity contribution in [2.75, 3.05) is 31.1 Å². The molecule has 44 heavy (non-hydrogen) atoms. The summed E-state index contributed by atoms with van der Waals surface area (Å²) in [5.41, 5.74) is 3.71. The van der Waals surface area contributed by atoms with Gasteiger partial charge in [0, 0.05) is 55.9 Å². The highest BCUT2D eigenvalue weighted by atomic mass is 19.1. The summed E-state index contributed by atoms with van der Waals surface area (Å²) >= 11 is 0. The number of anilines is 1. The Kier molecular flexibility index (Phi) is 12.5. The first-order chi connectivity index (χ1) is 21.3. The lowest BCUT2D eigenvalue weighted by Gasteiger charge is -2.34. The Morgan fingerprint density at radius 2 is 1.57 bits per heavy atom. The van der Waals surface area contributed by atoms with Gasteiger partial charge in [-0.05, 0) is 70.5 Å². The number of hydrogen-bond acceptors (Lipinski definition) is 6. The molecule has 0 saturated carbocycles. The summed E-state index contributed by atoms with van der Waals surface area (Å²) in [5.74, 6) is 2.12. The highest BCUT2D eigenvalue weighted by molar-refractivity contribution is 5.91. The van der Waals surface area contributed by atoms with Crippen LogP contribution >= 0.6 is 0 Å². The predicted octanol–water partition coefficient (Wildman–Crippen LogP) is 8.27. The van der Waals surface area contributed by atoms with Crippen molar-refractivity contribution in [1.82, 2.24) is 25.2 Å². The molecule has 1 N–H and O–H groups in total. The van der Waals surface area contributed by atoms with Crippen LogP contribution in [0.1, 0.15) is 103 Å². The number of fused-ring (bicyclic) bond motifs is 4. The molecule has 0 radical (unpaired) electrons. The fraction of sp³-hybridized carbons (Fsp3) is 0.649. The summed E-state index contributed by atoms with van der Waals surface area (Å²) in [4.78, 5) is 18.8. The van der Waals surface area contributed by atoms with Crippen molar-refractivity contribution in [3.8, 4) is 11.3 Å². The SMILES string of the molecule is CC.CC1CC2CCCN2C1.CCCC.CCc1nc(N2CC3CCC(C2)N3)c2cnc(-c3cc(C)cc(C)c3)c(F)c2n1. The summed E-state index contributed by atoms with van der Waals surface area (Å²) < 4.78 is 15.7. The molecule has 1 aromatic carbocycles. The maximum absolute atomic E-state index is 15.7. The lowest BCUT2D eigenvalue weighted by atomic mass is 10.0. The summed E-state index contributed by atoms with van der Waals surface area (Å²) in [6.07, 6.45) is 11.8. The van der Waals surface area contributed by atoms with Gasteiger partial charge in [-0.3, -0.25) is 4.98 Å². The van der Waals surface area contributed by atoms with Crippen LogP contribution in [0.3, 0.4) is 0 Å². The second kappa shape index (κ2) is 16.1. The first-order valence-electron chi connectivity index (χ1n) is 17.5. The average Bonchev–Trinajstić information content (AvgIpc) is 3.71. The summed E-state index contributed by atoms with van der Waals surface area (Å²) in [6.45, 7) is 21.3. The number of hydrogen-bond donors (Lipinski definition) is 1. The third-order valence-electron chi connectivity index (χ3n) is 9.26. The summed E-state index contributed by atoms with van der Waals surface area (Å²) in [6, 6.07) is 7.98. The van der Waals surface area contributed by atoms with Crippen LogP contribution in [0.4, 0.5) is 10.2 Å². The van der Waals surface area contributed by atoms with E-state index in [9.17, 15) is 0 Å². The standard InChI is InChI=1S/C23H26FN5.C8H15N.C4H10.C2H6/c1-4-19-27-22-18(23(28-19)29-11-16-5-6-17(12-29)26-16)10-25-21(20(22)24)15-8-13(2)7-14(3)9-15;1-7-5-8-3-2-4-9(8)6-7;1-3-4-2;1-2/h7-10,16-17,26H,4-6,11-12H2,1-3H3;7-8H,2-6H2,1H3;3-4H2,1-2H3;1-2H3. The minimum absolute atomic E-state index is 0.357. The first-order valence-corrected chi connectivity index (χ1v) is 17.5. The van der Waals surface area contributed by atoms with E-state index >= 15 is 4.39 Å². The van der Waals surface area contributed by atoms with Crippen LogP contribution in [0.2, 0.25) is 0 Å². The fourth-order valence-electron chi connectivity index (χ4n) is 7.11. The zero-order valence-electron chi connectivity index (χ0n) is 28.7. The van der Waals surface area contributed by atoms with Gasteiger partial charge in [-0.25, -0.2) is 14.4 Å². The highest BCUT2D eigenvalue weighted by Gasteiger charge is 2.34. The Morgan fingerprint density at radius 1 is 0.909 bits per heavy atom. The Hall–Kier alpha value is -2.64. The van der Waals surface area contributed by atoms with E-state index in [-0.39, 0.29) is 5.82 Å². The van der Waals surface area contributed by atoms with E-state index in [1.165, 1.54) is 58.0 Å². The van der Waals surface area contributed by atoms with Crippen molar-refractivity contribution in [1.29, 1.82) is 0 Å². The largest absolute Gasteiger partial charge is 0.353 e. The maximum atomic E-state index is 15.7. The van der Waals surface area contributed by atoms with E-state index in [2.05, 4.69) is 51.9 Å². The van der Waals surface area contributed by atoms with Gasteiger partial charge in [-0.15, -0.1) is 0 Å². The number of benzene rings is 1. The van der Waals surface area contributed by atoms with Crippen molar-refractivity contribution < 1.29 is 4.39 Å². The Morgan fingerprint density at radius 3 is 2.16 bits per heavy atom. The number of aromatic nitrogens is 3. The molecule has 2 bridgehead atoms. The molecule has 4 unspecified atom stereocenters. The predicted molar refractivity (Wildman–Crippen MR) is 184 cm³/mol. The Bertz CT molecular complexity index is 1310. The first kappa shape index (κ1) is 34.2. The van der Waals surface area contributed by atoms with Crippen LogP contribution < -0.4 is 10.2 Å². The lowest BCUT2D eigenvalue weighted by Crippen LogP contribution is -2.51. The lowest BCUT2D eigenvalue weighted by molar-refractivity contribution is 0.319. The molecule has 6 heterocycles. The monoisotopic (exact) mass is 604 g/mol. The maximum Gasteiger partial charge on any atom is 0.175 e. The zero-order valence-corrected chi connectivity index (χ0v) is 28.7. The number of unbranched alkanes of at least 4 members (excludes halogenated alkanes) is 1. The molecule has 4 aliphatic heterocycles. The number of nitrogens with zero attached hydrogens (tertiary/aromatic N) is 5. The molecule has 242 valence electrons. The normalized spacial score (nSPS) is 23.7. The molecular formula is C37H57FN6. The van der Waals surface area contributed by atoms with E-state index in [4.69, 9.17) is 4.98 Å². The van der Waals surface area contributed by atoms with Gasteiger partial charge in [0.25, 0.3) is 0 Å². The van der Waals surface area contributed by atoms with Crippen LogP contribution in [-0.4, -0.2) is 64.2 Å². The van der Waals surface area contributed by atoms with E-state index in [0.29, 0.717) is 40.9 Å². The van der Waals surface area contributed by atoms with Crippen molar-refractivity contribution >= 4 is 16.7 Å². The van der Waals surface area contributed by atoms with Crippen LogP contribution in [0.5, 0.6) is 0 Å². The topological polar surface area (TPSA) is 57.2 Å². The molecule has 0 aliphatic carbocycles. The molecular weight excluding hydrogens is 547 g/mol. The van der Waals surface area contributed by atoms with Crippen LogP contribution in [-0.2, 0) is 6.42 Å². The van der Waals surface area contributed by atoms with Gasteiger partial charge >= 0.3 is 0 Å². The molecule has 0 amide bonds. The smallest absolute Gasteiger partial charge is 0.175 e. The summed E-state index contributed by atoms with van der Waals surface area (Å²) in [7, 11) is 0. The molecule has 0 spiro atoms. The third-order valence-corrected chi connectivity index (χ3v) is 9.26. The van der Waals surface area contributed by atoms with Gasteiger partial charge in [0.15, 0.2) is 5.82 Å². The second-order valence-electron chi connectivity index (χ2n) is 13.1. The number of pyridine rings is 1. The summed E-state index contributed by atoms with van der Waals surface area (Å²) in [5, 5.41) is 4.35. The number of nitrogens with one attached hydrogen (secondary N) is 1. The van der Waals surface area contributed by atoms with Gasteiger partial charge in [-0.1, -0.05) is 71.6 Å². The minimum atomic E-state index is -0.357. The van der Waals surface area contributed by atoms with Gasteiger partial charge in [0.1, 0.15) is 22.9 Å². The fourth-order valence-corrected chi connectivity index (χ4v) is 7.11. The zero-order chi connectivity index (χ0) is 31.8. The number of piperazine rings is 1. The van der Waals surface area contributed by atoms with Gasteiger partial charge in [-0.2, -0.15) is 0 Å². The highest BCUT2D eigenvalue weighted by Crippen LogP contribution is 2.34. The van der Waals surface area contributed by atoms with E-state index in [0.717, 1.165) is 47.6 Å². The van der Waals surface area contributed by atoms with Crippen molar-refractivity contribution in [3.05, 3.63) is 47.2 Å². The van der Waals surface area contributed by atoms with Crippen LogP contribution in [0.15, 0.2) is 24.4 Å². The van der Waals surface area contributed by atoms with Crippen molar-refractivity contribution in [3.63, 3.8) is 0 Å². The molecule has 2 aromatic heterocycles. The van der Waals surface area contributed by atoms with Gasteiger partial charge < -0.3 is 15.1 Å². The van der Waals surface area contributed by atoms with Crippen molar-refractivity contribution in [2.24, 2.45) is 5.92 Å². The van der Waals surface area contributed by atoms with Crippen LogP contribution in [0, 0.1) is 25.6 Å². The minimum Gasteiger partial charge on any atom is -0.353 e. The van der Waals surface area contributed by atoms with Crippen LogP contribution in [0.25, 0.3) is 22.2 Å². The molecule has 4 aliphatic rings. The van der Waals surface area contributed by atoms with Gasteiger partial charge in [0.05, 0.1) is 5.39 Å². The van der Waals surface area contributed by atoms with Crippen molar-refractivity contribution in [2.45, 2.75) is 125 Å². The van der Waals surface area contributed by atoms with Gasteiger partial charge in [0.2, 0.25) is 0 Å². The van der Waals surface area contributed by atoms with E-state index in [1.807, 2.05) is 46.8 Å². The molecule has 4 fully saturated rings. The molecule has 7 rings (SSSR count). The Labute approximate surface area is 266 Å². The quantitative estimate of drug-likeness (QED) is 0.324. The molecule has 3 aromatic rings. The average molecular weight is 605 g/mol. The molecule has 6 nitrogen and oxygen atoms in total. The number of halogens is 1. The molecule has 4 saturated heterocycles.